The second-order valence-electron chi connectivity index (χ2n) is 4.56. The molecule has 1 aromatic heterocycles. The molecule has 0 unspecified atom stereocenters. The maximum Gasteiger partial charge on any atom is 0.178 e. The molecule has 4 nitrogen and oxygen atoms in total. The van der Waals surface area contributed by atoms with E-state index in [4.69, 9.17) is 0 Å². The summed E-state index contributed by atoms with van der Waals surface area (Å²) in [6, 6.07) is 1.64. The second-order valence-corrected chi connectivity index (χ2v) is 4.56. The van der Waals surface area contributed by atoms with Crippen LogP contribution in [-0.4, -0.2) is 28.2 Å². The van der Waals surface area contributed by atoms with Crippen LogP contribution in [0.15, 0.2) is 36.7 Å². The topological polar surface area (TPSA) is 46.9 Å². The first kappa shape index (κ1) is 11.8. The highest BCUT2D eigenvalue weighted by atomic mass is 16.1. The highest BCUT2D eigenvalue weighted by Crippen LogP contribution is 2.12. The van der Waals surface area contributed by atoms with Crippen LogP contribution in [0.25, 0.3) is 5.70 Å². The van der Waals surface area contributed by atoms with Crippen LogP contribution in [0.1, 0.15) is 13.8 Å². The predicted octanol–water partition coefficient (Wildman–Crippen LogP) is 1.48. The van der Waals surface area contributed by atoms with Gasteiger partial charge in [0.05, 0.1) is 11.7 Å². The zero-order valence-corrected chi connectivity index (χ0v) is 10.1. The number of carbonyl (C=O) groups is 1. The van der Waals surface area contributed by atoms with E-state index < -0.39 is 0 Å². The lowest BCUT2D eigenvalue weighted by molar-refractivity contribution is -0.115. The van der Waals surface area contributed by atoms with Gasteiger partial charge in [-0.2, -0.15) is 5.10 Å². The molecule has 0 radical (unpaired) electrons. The van der Waals surface area contributed by atoms with E-state index in [1.807, 2.05) is 24.4 Å². The summed E-state index contributed by atoms with van der Waals surface area (Å²) in [5, 5.41) is 7.32. The van der Waals surface area contributed by atoms with Gasteiger partial charge in [0.25, 0.3) is 0 Å². The molecule has 1 aliphatic carbocycles. The average Bonchev–Trinajstić information content (AvgIpc) is 2.80. The Balaban J connectivity index is 2.03. The SMILES string of the molecule is CC(C)CN[C@H]1C=CC(n2cccn2)=CC1=O. The molecule has 1 aliphatic rings. The van der Waals surface area contributed by atoms with Gasteiger partial charge in [-0.15, -0.1) is 0 Å². The fraction of sp³-hybridized carbons (Fsp3) is 0.385. The third-order valence-corrected chi connectivity index (χ3v) is 2.57. The van der Waals surface area contributed by atoms with Gasteiger partial charge in [-0.3, -0.25) is 4.79 Å². The van der Waals surface area contributed by atoms with E-state index in [2.05, 4.69) is 24.3 Å². The molecule has 0 fully saturated rings. The Morgan fingerprint density at radius 3 is 2.94 bits per heavy atom. The van der Waals surface area contributed by atoms with Crippen LogP contribution in [0.3, 0.4) is 0 Å². The summed E-state index contributed by atoms with van der Waals surface area (Å²) < 4.78 is 1.69. The summed E-state index contributed by atoms with van der Waals surface area (Å²) in [4.78, 5) is 11.9. The van der Waals surface area contributed by atoms with Crippen molar-refractivity contribution in [3.63, 3.8) is 0 Å². The van der Waals surface area contributed by atoms with E-state index in [9.17, 15) is 4.79 Å². The monoisotopic (exact) mass is 231 g/mol. The summed E-state index contributed by atoms with van der Waals surface area (Å²) in [5.74, 6) is 0.617. The molecule has 2 rings (SSSR count). The first-order valence-corrected chi connectivity index (χ1v) is 5.84. The number of hydrogen-bond acceptors (Lipinski definition) is 3. The van der Waals surface area contributed by atoms with E-state index in [1.54, 1.807) is 17.0 Å². The second kappa shape index (κ2) is 5.10. The first-order valence-electron chi connectivity index (χ1n) is 5.84. The molecule has 1 atom stereocenters. The highest BCUT2D eigenvalue weighted by molar-refractivity contribution is 6.02. The smallest absolute Gasteiger partial charge is 0.178 e. The first-order chi connectivity index (χ1) is 8.16. The van der Waals surface area contributed by atoms with Crippen molar-refractivity contribution in [3.8, 4) is 0 Å². The Morgan fingerprint density at radius 2 is 2.35 bits per heavy atom. The maximum atomic E-state index is 11.9. The molecular formula is C13H17N3O. The molecule has 0 saturated carbocycles. The van der Waals surface area contributed by atoms with E-state index in [0.29, 0.717) is 5.92 Å². The van der Waals surface area contributed by atoms with Gasteiger partial charge in [0.15, 0.2) is 5.78 Å². The van der Waals surface area contributed by atoms with E-state index >= 15 is 0 Å². The molecule has 0 aromatic carbocycles. The Labute approximate surface area is 101 Å². The van der Waals surface area contributed by atoms with Gasteiger partial charge in [-0.05, 0) is 24.6 Å². The van der Waals surface area contributed by atoms with Crippen LogP contribution in [-0.2, 0) is 4.79 Å². The number of carbonyl (C=O) groups excluding carboxylic acids is 1. The maximum absolute atomic E-state index is 11.9. The molecular weight excluding hydrogens is 214 g/mol. The van der Waals surface area contributed by atoms with Crippen LogP contribution in [0, 0.1) is 5.92 Å². The standard InChI is InChI=1S/C13H17N3O/c1-10(2)9-14-12-5-4-11(8-13(12)17)16-7-3-6-15-16/h3-8,10,12,14H,9H2,1-2H3/t12-/m0/s1. The van der Waals surface area contributed by atoms with Crippen molar-refractivity contribution >= 4 is 11.5 Å². The normalized spacial score (nSPS) is 19.8. The lowest BCUT2D eigenvalue weighted by Gasteiger charge is -2.17. The van der Waals surface area contributed by atoms with Crippen LogP contribution in [0.4, 0.5) is 0 Å². The number of nitrogens with zero attached hydrogens (tertiary/aromatic N) is 2. The number of rotatable bonds is 4. The third kappa shape index (κ3) is 2.91. The van der Waals surface area contributed by atoms with Crippen LogP contribution >= 0.6 is 0 Å². The summed E-state index contributed by atoms with van der Waals surface area (Å²) in [6.07, 6.45) is 8.96. The fourth-order valence-corrected chi connectivity index (χ4v) is 1.67. The summed E-state index contributed by atoms with van der Waals surface area (Å²) >= 11 is 0. The molecule has 0 amide bonds. The Hall–Kier alpha value is -1.68. The van der Waals surface area contributed by atoms with Crippen molar-refractivity contribution in [2.75, 3.05) is 6.54 Å². The highest BCUT2D eigenvalue weighted by Gasteiger charge is 2.17. The van der Waals surface area contributed by atoms with E-state index in [1.165, 1.54) is 0 Å². The Kier molecular flexibility index (Phi) is 3.54. The van der Waals surface area contributed by atoms with Crippen LogP contribution in [0.5, 0.6) is 0 Å². The third-order valence-electron chi connectivity index (χ3n) is 2.57. The molecule has 0 aliphatic heterocycles. The van der Waals surface area contributed by atoms with Crippen LogP contribution in [0.2, 0.25) is 0 Å². The minimum Gasteiger partial charge on any atom is -0.304 e. The number of allylic oxidation sites excluding steroid dienone is 2. The molecule has 0 spiro atoms. The number of aromatic nitrogens is 2. The Bertz CT molecular complexity index is 443. The average molecular weight is 231 g/mol. The van der Waals surface area contributed by atoms with Crippen molar-refractivity contribution in [1.29, 1.82) is 0 Å². The molecule has 0 saturated heterocycles. The number of hydrogen-bond donors (Lipinski definition) is 1. The Morgan fingerprint density at radius 1 is 1.53 bits per heavy atom. The lowest BCUT2D eigenvalue weighted by atomic mass is 10.0. The van der Waals surface area contributed by atoms with E-state index in [-0.39, 0.29) is 11.8 Å². The van der Waals surface area contributed by atoms with Gasteiger partial charge in [0.1, 0.15) is 0 Å². The van der Waals surface area contributed by atoms with Crippen molar-refractivity contribution in [2.45, 2.75) is 19.9 Å². The quantitative estimate of drug-likeness (QED) is 0.853. The van der Waals surface area contributed by atoms with Gasteiger partial charge >= 0.3 is 0 Å². The largest absolute Gasteiger partial charge is 0.304 e. The zero-order valence-electron chi connectivity index (χ0n) is 10.1. The summed E-state index contributed by atoms with van der Waals surface area (Å²) in [6.45, 7) is 5.08. The minimum atomic E-state index is -0.197. The molecule has 4 heteroatoms. The molecule has 1 heterocycles. The van der Waals surface area contributed by atoms with E-state index in [0.717, 1.165) is 12.2 Å². The van der Waals surface area contributed by atoms with Crippen molar-refractivity contribution in [1.82, 2.24) is 15.1 Å². The zero-order chi connectivity index (χ0) is 12.3. The molecule has 1 N–H and O–H groups in total. The predicted molar refractivity (Wildman–Crippen MR) is 67.3 cm³/mol. The summed E-state index contributed by atoms with van der Waals surface area (Å²) in [7, 11) is 0. The fourth-order valence-electron chi connectivity index (χ4n) is 1.67. The van der Waals surface area contributed by atoms with Crippen molar-refractivity contribution in [2.24, 2.45) is 5.92 Å². The van der Waals surface area contributed by atoms with Crippen molar-refractivity contribution in [3.05, 3.63) is 36.7 Å². The number of ketones is 1. The molecule has 1 aromatic rings. The molecule has 90 valence electrons. The van der Waals surface area contributed by atoms with Crippen molar-refractivity contribution < 1.29 is 4.79 Å². The number of nitrogens with one attached hydrogen (secondary N) is 1. The molecule has 17 heavy (non-hydrogen) atoms. The van der Waals surface area contributed by atoms with Gasteiger partial charge in [-0.1, -0.05) is 19.9 Å². The molecule has 0 bridgehead atoms. The summed E-state index contributed by atoms with van der Waals surface area (Å²) in [5.41, 5.74) is 0.808. The van der Waals surface area contributed by atoms with Crippen LogP contribution < -0.4 is 5.32 Å². The minimum absolute atomic E-state index is 0.0821. The van der Waals surface area contributed by atoms with Gasteiger partial charge in [0, 0.05) is 18.5 Å². The van der Waals surface area contributed by atoms with Gasteiger partial charge in [-0.25, -0.2) is 4.68 Å². The van der Waals surface area contributed by atoms with Gasteiger partial charge < -0.3 is 5.32 Å². The van der Waals surface area contributed by atoms with Gasteiger partial charge in [0.2, 0.25) is 0 Å². The lowest BCUT2D eigenvalue weighted by Crippen LogP contribution is -2.37.